The van der Waals surface area contributed by atoms with Crippen LogP contribution in [0.15, 0.2) is 40.6 Å². The maximum atomic E-state index is 12.5. The molecule has 6 nitrogen and oxygen atoms in total. The molecule has 0 radical (unpaired) electrons. The van der Waals surface area contributed by atoms with Crippen molar-refractivity contribution in [3.8, 4) is 0 Å². The van der Waals surface area contributed by atoms with E-state index in [1.807, 2.05) is 17.5 Å². The summed E-state index contributed by atoms with van der Waals surface area (Å²) in [5.41, 5.74) is 5.40. The molecule has 21 heavy (non-hydrogen) atoms. The van der Waals surface area contributed by atoms with E-state index in [0.29, 0.717) is 0 Å². The quantitative estimate of drug-likeness (QED) is 0.817. The summed E-state index contributed by atoms with van der Waals surface area (Å²) in [6.07, 6.45) is 0. The van der Waals surface area contributed by atoms with Crippen LogP contribution in [0.3, 0.4) is 0 Å². The summed E-state index contributed by atoms with van der Waals surface area (Å²) in [6, 6.07) is 7.38. The number of carboxylic acid groups (broad SMARTS) is 1. The van der Waals surface area contributed by atoms with Gasteiger partial charge in [-0.3, -0.25) is 0 Å². The van der Waals surface area contributed by atoms with Crippen LogP contribution in [0.5, 0.6) is 0 Å². The molecule has 0 unspecified atom stereocenters. The lowest BCUT2D eigenvalue weighted by molar-refractivity contribution is 0.0692. The number of rotatable bonds is 5. The molecule has 2 rings (SSSR count). The number of hydrogen-bond acceptors (Lipinski definition) is 5. The highest BCUT2D eigenvalue weighted by Gasteiger charge is 2.27. The second-order valence-electron chi connectivity index (χ2n) is 4.40. The maximum Gasteiger partial charge on any atom is 0.337 e. The molecule has 0 aliphatic heterocycles. The van der Waals surface area contributed by atoms with Gasteiger partial charge in [0.15, 0.2) is 0 Å². The predicted molar refractivity (Wildman–Crippen MR) is 80.8 cm³/mol. The van der Waals surface area contributed by atoms with Crippen molar-refractivity contribution in [1.82, 2.24) is 4.31 Å². The van der Waals surface area contributed by atoms with Gasteiger partial charge in [-0.05, 0) is 29.6 Å². The highest BCUT2D eigenvalue weighted by molar-refractivity contribution is 7.89. The van der Waals surface area contributed by atoms with Crippen LogP contribution in [0.4, 0.5) is 5.69 Å². The Hall–Kier alpha value is -1.90. The molecule has 0 atom stereocenters. The van der Waals surface area contributed by atoms with E-state index in [4.69, 9.17) is 10.8 Å². The van der Waals surface area contributed by atoms with Gasteiger partial charge in [0.05, 0.1) is 10.5 Å². The highest BCUT2D eigenvalue weighted by atomic mass is 32.2. The molecule has 2 aromatic rings. The minimum atomic E-state index is -3.90. The fourth-order valence-electron chi connectivity index (χ4n) is 1.81. The number of nitrogens with zero attached hydrogens (tertiary/aromatic N) is 1. The Morgan fingerprint density at radius 1 is 1.38 bits per heavy atom. The average molecular weight is 326 g/mol. The normalized spacial score (nSPS) is 11.7. The van der Waals surface area contributed by atoms with E-state index in [0.717, 1.165) is 15.2 Å². The number of hydrogen-bond donors (Lipinski definition) is 2. The Morgan fingerprint density at radius 2 is 2.10 bits per heavy atom. The SMILES string of the molecule is CN(Cc1cccs1)S(=O)(=O)c1ccc(N)cc1C(=O)O. The summed E-state index contributed by atoms with van der Waals surface area (Å²) >= 11 is 1.43. The number of carbonyl (C=O) groups is 1. The minimum Gasteiger partial charge on any atom is -0.478 e. The molecular weight excluding hydrogens is 312 g/mol. The molecule has 0 fully saturated rings. The van der Waals surface area contributed by atoms with Crippen LogP contribution in [-0.2, 0) is 16.6 Å². The first-order chi connectivity index (χ1) is 9.82. The van der Waals surface area contributed by atoms with Gasteiger partial charge in [0.1, 0.15) is 0 Å². The third kappa shape index (κ3) is 3.23. The lowest BCUT2D eigenvalue weighted by Gasteiger charge is -2.18. The van der Waals surface area contributed by atoms with Gasteiger partial charge in [-0.15, -0.1) is 11.3 Å². The smallest absolute Gasteiger partial charge is 0.337 e. The number of aromatic carboxylic acids is 1. The highest BCUT2D eigenvalue weighted by Crippen LogP contribution is 2.24. The van der Waals surface area contributed by atoms with Gasteiger partial charge >= 0.3 is 5.97 Å². The molecular formula is C13H14N2O4S2. The van der Waals surface area contributed by atoms with Crippen molar-refractivity contribution in [1.29, 1.82) is 0 Å². The Labute approximate surface area is 126 Å². The van der Waals surface area contributed by atoms with Gasteiger partial charge in [0.2, 0.25) is 10.0 Å². The molecule has 1 aromatic carbocycles. The fourth-order valence-corrected chi connectivity index (χ4v) is 3.96. The molecule has 8 heteroatoms. The van der Waals surface area contributed by atoms with E-state index in [1.54, 1.807) is 0 Å². The lowest BCUT2D eigenvalue weighted by atomic mass is 10.2. The van der Waals surface area contributed by atoms with Crippen molar-refractivity contribution in [2.75, 3.05) is 12.8 Å². The molecule has 3 N–H and O–H groups in total. The van der Waals surface area contributed by atoms with Gasteiger partial charge in [0.25, 0.3) is 0 Å². The summed E-state index contributed by atoms with van der Waals surface area (Å²) in [4.78, 5) is 11.8. The minimum absolute atomic E-state index is 0.184. The molecule has 0 bridgehead atoms. The van der Waals surface area contributed by atoms with Gasteiger partial charge in [0, 0.05) is 24.2 Å². The fraction of sp³-hybridized carbons (Fsp3) is 0.154. The zero-order chi connectivity index (χ0) is 15.6. The summed E-state index contributed by atoms with van der Waals surface area (Å²) in [5, 5.41) is 11.0. The van der Waals surface area contributed by atoms with Crippen molar-refractivity contribution in [2.24, 2.45) is 0 Å². The van der Waals surface area contributed by atoms with E-state index >= 15 is 0 Å². The second kappa shape index (κ2) is 5.84. The van der Waals surface area contributed by atoms with E-state index in [2.05, 4.69) is 0 Å². The summed E-state index contributed by atoms with van der Waals surface area (Å²) in [5.74, 6) is -1.33. The topological polar surface area (TPSA) is 101 Å². The van der Waals surface area contributed by atoms with Crippen molar-refractivity contribution in [2.45, 2.75) is 11.4 Å². The molecule has 112 valence electrons. The molecule has 1 aromatic heterocycles. The first kappa shape index (κ1) is 15.5. The lowest BCUT2D eigenvalue weighted by Crippen LogP contribution is -2.27. The Morgan fingerprint density at radius 3 is 2.67 bits per heavy atom. The average Bonchev–Trinajstić information content (AvgIpc) is 2.91. The van der Waals surface area contributed by atoms with Crippen LogP contribution in [0.1, 0.15) is 15.2 Å². The Bertz CT molecular complexity index is 754. The van der Waals surface area contributed by atoms with Crippen molar-refractivity contribution < 1.29 is 18.3 Å². The Kier molecular flexibility index (Phi) is 4.31. The number of benzene rings is 1. The zero-order valence-corrected chi connectivity index (χ0v) is 12.8. The van der Waals surface area contributed by atoms with Crippen LogP contribution in [0.2, 0.25) is 0 Å². The largest absolute Gasteiger partial charge is 0.478 e. The number of anilines is 1. The van der Waals surface area contributed by atoms with E-state index in [1.165, 1.54) is 30.5 Å². The van der Waals surface area contributed by atoms with Crippen molar-refractivity contribution in [3.05, 3.63) is 46.2 Å². The standard InChI is InChI=1S/C13H14N2O4S2/c1-15(8-10-3-2-6-20-10)21(18,19)12-5-4-9(14)7-11(12)13(16)17/h2-7H,8,14H2,1H3,(H,16,17). The third-order valence-electron chi connectivity index (χ3n) is 2.88. The van der Waals surface area contributed by atoms with E-state index in [9.17, 15) is 13.2 Å². The van der Waals surface area contributed by atoms with Crippen LogP contribution in [0.25, 0.3) is 0 Å². The Balaban J connectivity index is 2.41. The zero-order valence-electron chi connectivity index (χ0n) is 11.2. The van der Waals surface area contributed by atoms with Gasteiger partial charge in [-0.1, -0.05) is 6.07 Å². The summed E-state index contributed by atoms with van der Waals surface area (Å²) < 4.78 is 26.2. The van der Waals surface area contributed by atoms with Crippen LogP contribution in [-0.4, -0.2) is 30.8 Å². The van der Waals surface area contributed by atoms with E-state index < -0.39 is 16.0 Å². The molecule has 1 heterocycles. The number of sulfonamides is 1. The van der Waals surface area contributed by atoms with Crippen LogP contribution >= 0.6 is 11.3 Å². The number of thiophene rings is 1. The van der Waals surface area contributed by atoms with E-state index in [-0.39, 0.29) is 22.7 Å². The molecule has 0 spiro atoms. The molecule has 0 aliphatic rings. The van der Waals surface area contributed by atoms with Gasteiger partial charge in [-0.2, -0.15) is 4.31 Å². The van der Waals surface area contributed by atoms with Crippen molar-refractivity contribution in [3.63, 3.8) is 0 Å². The van der Waals surface area contributed by atoms with Gasteiger partial charge < -0.3 is 10.8 Å². The maximum absolute atomic E-state index is 12.5. The molecule has 0 aliphatic carbocycles. The number of nitrogen functional groups attached to an aromatic ring is 1. The molecule has 0 saturated carbocycles. The number of carboxylic acids is 1. The monoisotopic (exact) mass is 326 g/mol. The second-order valence-corrected chi connectivity index (χ2v) is 7.45. The third-order valence-corrected chi connectivity index (χ3v) is 5.60. The van der Waals surface area contributed by atoms with Crippen molar-refractivity contribution >= 4 is 33.0 Å². The summed E-state index contributed by atoms with van der Waals surface area (Å²) in [6.45, 7) is 0.184. The van der Waals surface area contributed by atoms with Crippen LogP contribution < -0.4 is 5.73 Å². The molecule has 0 amide bonds. The summed E-state index contributed by atoms with van der Waals surface area (Å²) in [7, 11) is -2.49. The van der Waals surface area contributed by atoms with Gasteiger partial charge in [-0.25, -0.2) is 13.2 Å². The first-order valence-electron chi connectivity index (χ1n) is 5.94. The predicted octanol–water partition coefficient (Wildman–Crippen LogP) is 1.85. The first-order valence-corrected chi connectivity index (χ1v) is 8.26. The number of nitrogens with two attached hydrogens (primary N) is 1. The molecule has 0 saturated heterocycles. The van der Waals surface area contributed by atoms with Crippen LogP contribution in [0, 0.1) is 0 Å².